The molecule has 0 aliphatic heterocycles. The fraction of sp³-hybridized carbons (Fsp3) is 0.714. The van der Waals surface area contributed by atoms with Crippen molar-refractivity contribution in [1.82, 2.24) is 16.0 Å². The van der Waals surface area contributed by atoms with E-state index in [1.807, 2.05) is 20.1 Å². The van der Waals surface area contributed by atoms with Crippen molar-refractivity contribution in [3.05, 3.63) is 0 Å². The van der Waals surface area contributed by atoms with Crippen LogP contribution in [0.1, 0.15) is 52.4 Å². The fourth-order valence-electron chi connectivity index (χ4n) is 3.04. The highest BCUT2D eigenvalue weighted by molar-refractivity contribution is 7.98. The zero-order valence-corrected chi connectivity index (χ0v) is 21.2. The maximum atomic E-state index is 13.0. The second-order valence-corrected chi connectivity index (χ2v) is 9.53. The summed E-state index contributed by atoms with van der Waals surface area (Å²) in [7, 11) is 0. The molecule has 0 radical (unpaired) electrons. The molecule has 14 heteroatoms. The normalized spacial score (nSPS) is 14.3. The van der Waals surface area contributed by atoms with Gasteiger partial charge in [0.2, 0.25) is 29.5 Å². The number of hydrogen-bond acceptors (Lipinski definition) is 8. The van der Waals surface area contributed by atoms with E-state index in [-0.39, 0.29) is 38.0 Å². The van der Waals surface area contributed by atoms with Gasteiger partial charge in [-0.2, -0.15) is 11.8 Å². The fourth-order valence-corrected chi connectivity index (χ4v) is 3.51. The number of amides is 5. The van der Waals surface area contributed by atoms with Crippen molar-refractivity contribution in [1.29, 1.82) is 0 Å². The molecule has 5 amide bonds. The van der Waals surface area contributed by atoms with Crippen LogP contribution in [0.4, 0.5) is 0 Å². The summed E-state index contributed by atoms with van der Waals surface area (Å²) < 4.78 is 0. The summed E-state index contributed by atoms with van der Waals surface area (Å²) >= 11 is 1.45. The molecule has 0 aliphatic rings. The van der Waals surface area contributed by atoms with Crippen LogP contribution in [0.5, 0.6) is 0 Å². The van der Waals surface area contributed by atoms with Gasteiger partial charge < -0.3 is 38.3 Å². The lowest BCUT2D eigenvalue weighted by Gasteiger charge is -2.25. The Labute approximate surface area is 209 Å². The Morgan fingerprint density at radius 1 is 0.771 bits per heavy atom. The van der Waals surface area contributed by atoms with Crippen molar-refractivity contribution in [3.63, 3.8) is 0 Å². The van der Waals surface area contributed by atoms with Crippen molar-refractivity contribution in [3.8, 4) is 0 Å². The smallest absolute Gasteiger partial charge is 0.326 e. The Morgan fingerprint density at radius 3 is 1.63 bits per heavy atom. The first-order valence-electron chi connectivity index (χ1n) is 11.2. The zero-order chi connectivity index (χ0) is 27.1. The minimum Gasteiger partial charge on any atom is -0.480 e. The minimum atomic E-state index is -1.44. The van der Waals surface area contributed by atoms with Gasteiger partial charge >= 0.3 is 5.97 Å². The standard InChI is InChI=1S/C21H38N6O7S/c1-11(2)10-12(22)18(30)25-14(8-9-35-3)20(32)26-13(4-6-16(23)28)19(31)27-15(21(33)34)5-7-17(24)29/h11-15H,4-10,22H2,1-3H3,(H2,23,28)(H2,24,29)(H,25,30)(H,26,32)(H,27,31)(H,33,34). The molecule has 0 rings (SSSR count). The number of hydrogen-bond donors (Lipinski definition) is 7. The van der Waals surface area contributed by atoms with Gasteiger partial charge in [-0.15, -0.1) is 0 Å². The van der Waals surface area contributed by atoms with Crippen LogP contribution in [0.3, 0.4) is 0 Å². The van der Waals surface area contributed by atoms with Gasteiger partial charge in [0.05, 0.1) is 6.04 Å². The molecule has 4 unspecified atom stereocenters. The summed E-state index contributed by atoms with van der Waals surface area (Å²) in [5.74, 6) is -4.29. The van der Waals surface area contributed by atoms with Crippen LogP contribution in [-0.4, -0.2) is 76.8 Å². The van der Waals surface area contributed by atoms with Crippen molar-refractivity contribution in [2.75, 3.05) is 12.0 Å². The van der Waals surface area contributed by atoms with Crippen molar-refractivity contribution < 1.29 is 33.9 Å². The molecule has 0 bridgehead atoms. The van der Waals surface area contributed by atoms with E-state index in [1.165, 1.54) is 11.8 Å². The van der Waals surface area contributed by atoms with Crippen LogP contribution in [0.2, 0.25) is 0 Å². The topological polar surface area (TPSA) is 237 Å². The van der Waals surface area contributed by atoms with Crippen LogP contribution in [0.15, 0.2) is 0 Å². The maximum Gasteiger partial charge on any atom is 0.326 e. The number of thioether (sulfide) groups is 1. The van der Waals surface area contributed by atoms with Gasteiger partial charge in [-0.1, -0.05) is 13.8 Å². The second-order valence-electron chi connectivity index (χ2n) is 8.55. The Kier molecular flexibility index (Phi) is 15.3. The molecular weight excluding hydrogens is 480 g/mol. The monoisotopic (exact) mass is 518 g/mol. The van der Waals surface area contributed by atoms with Crippen molar-refractivity contribution in [2.45, 2.75) is 76.5 Å². The van der Waals surface area contributed by atoms with E-state index in [2.05, 4.69) is 16.0 Å². The number of carbonyl (C=O) groups excluding carboxylic acids is 5. The van der Waals surface area contributed by atoms with Gasteiger partial charge in [0.1, 0.15) is 18.1 Å². The molecule has 200 valence electrons. The first-order valence-corrected chi connectivity index (χ1v) is 12.6. The number of rotatable bonds is 18. The molecule has 0 aromatic rings. The molecule has 0 saturated heterocycles. The Morgan fingerprint density at radius 2 is 1.20 bits per heavy atom. The average molecular weight is 519 g/mol. The second kappa shape index (κ2) is 16.7. The number of carbonyl (C=O) groups is 6. The van der Waals surface area contributed by atoms with E-state index < -0.39 is 59.7 Å². The van der Waals surface area contributed by atoms with E-state index in [1.54, 1.807) is 0 Å². The molecule has 0 heterocycles. The molecular formula is C21H38N6O7S. The number of carboxylic acid groups (broad SMARTS) is 1. The number of aliphatic carboxylic acids is 1. The number of nitrogens with two attached hydrogens (primary N) is 3. The number of carboxylic acids is 1. The van der Waals surface area contributed by atoms with E-state index in [4.69, 9.17) is 17.2 Å². The van der Waals surface area contributed by atoms with E-state index >= 15 is 0 Å². The molecule has 0 spiro atoms. The van der Waals surface area contributed by atoms with E-state index in [0.717, 1.165) is 0 Å². The molecule has 0 aliphatic carbocycles. The van der Waals surface area contributed by atoms with Gasteiger partial charge in [-0.3, -0.25) is 24.0 Å². The Balaban J connectivity index is 5.54. The number of primary amides is 2. The lowest BCUT2D eigenvalue weighted by atomic mass is 10.0. The third-order valence-corrected chi connectivity index (χ3v) is 5.56. The predicted molar refractivity (Wildman–Crippen MR) is 131 cm³/mol. The van der Waals surface area contributed by atoms with E-state index in [0.29, 0.717) is 12.2 Å². The van der Waals surface area contributed by atoms with Gasteiger partial charge in [0.15, 0.2) is 0 Å². The van der Waals surface area contributed by atoms with Crippen LogP contribution < -0.4 is 33.2 Å². The first kappa shape index (κ1) is 32.1. The molecule has 0 aromatic heterocycles. The average Bonchev–Trinajstić information content (AvgIpc) is 2.75. The Bertz CT molecular complexity index is 764. The van der Waals surface area contributed by atoms with Gasteiger partial charge in [0, 0.05) is 12.8 Å². The summed E-state index contributed by atoms with van der Waals surface area (Å²) in [5.41, 5.74) is 16.1. The quantitative estimate of drug-likeness (QED) is 0.108. The maximum absolute atomic E-state index is 13.0. The molecule has 35 heavy (non-hydrogen) atoms. The summed E-state index contributed by atoms with van der Waals surface area (Å²) in [5, 5.41) is 16.6. The SMILES string of the molecule is CSCCC(NC(=O)C(N)CC(C)C)C(=O)NC(CCC(N)=O)C(=O)NC(CCC(N)=O)C(=O)O. The predicted octanol–water partition coefficient (Wildman–Crippen LogP) is -1.82. The largest absolute Gasteiger partial charge is 0.480 e. The molecule has 0 saturated carbocycles. The summed E-state index contributed by atoms with van der Waals surface area (Å²) in [4.78, 5) is 71.9. The van der Waals surface area contributed by atoms with Crippen LogP contribution in [0, 0.1) is 5.92 Å². The lowest BCUT2D eigenvalue weighted by molar-refractivity contribution is -0.142. The number of nitrogens with one attached hydrogen (secondary N) is 3. The van der Waals surface area contributed by atoms with Crippen molar-refractivity contribution >= 4 is 47.3 Å². The van der Waals surface area contributed by atoms with Crippen LogP contribution >= 0.6 is 11.8 Å². The van der Waals surface area contributed by atoms with Crippen LogP contribution in [0.25, 0.3) is 0 Å². The summed E-state index contributed by atoms with van der Waals surface area (Å²) in [6, 6.07) is -4.59. The third kappa shape index (κ3) is 14.2. The highest BCUT2D eigenvalue weighted by Gasteiger charge is 2.30. The zero-order valence-electron chi connectivity index (χ0n) is 20.4. The molecule has 0 fully saturated rings. The van der Waals surface area contributed by atoms with Crippen molar-refractivity contribution in [2.24, 2.45) is 23.1 Å². The highest BCUT2D eigenvalue weighted by Crippen LogP contribution is 2.08. The third-order valence-electron chi connectivity index (χ3n) is 4.91. The summed E-state index contributed by atoms with van der Waals surface area (Å²) in [6.45, 7) is 3.81. The molecule has 13 nitrogen and oxygen atoms in total. The Hall–Kier alpha value is -2.87. The van der Waals surface area contributed by atoms with Crippen LogP contribution in [-0.2, 0) is 28.8 Å². The summed E-state index contributed by atoms with van der Waals surface area (Å²) in [6.07, 6.45) is 1.47. The molecule has 10 N–H and O–H groups in total. The van der Waals surface area contributed by atoms with Gasteiger partial charge in [-0.05, 0) is 43.6 Å². The molecule has 0 aromatic carbocycles. The van der Waals surface area contributed by atoms with Gasteiger partial charge in [0.25, 0.3) is 0 Å². The minimum absolute atomic E-state index is 0.160. The lowest BCUT2D eigenvalue weighted by Crippen LogP contribution is -2.57. The van der Waals surface area contributed by atoms with Gasteiger partial charge in [-0.25, -0.2) is 4.79 Å². The van der Waals surface area contributed by atoms with E-state index in [9.17, 15) is 33.9 Å². The first-order chi connectivity index (χ1) is 16.3. The highest BCUT2D eigenvalue weighted by atomic mass is 32.2. The molecule has 4 atom stereocenters.